The second kappa shape index (κ2) is 9.93. The summed E-state index contributed by atoms with van der Waals surface area (Å²) in [5, 5.41) is 2.24. The van der Waals surface area contributed by atoms with E-state index in [0.717, 1.165) is 0 Å². The van der Waals surface area contributed by atoms with Gasteiger partial charge in [0.2, 0.25) is 0 Å². The van der Waals surface area contributed by atoms with Gasteiger partial charge in [-0.3, -0.25) is 4.79 Å². The molecule has 0 bridgehead atoms. The van der Waals surface area contributed by atoms with Crippen LogP contribution in [0.5, 0.6) is 0 Å². The first-order valence-electron chi connectivity index (χ1n) is 5.91. The fraction of sp³-hybridized carbons (Fsp3) is 0.583. The lowest BCUT2D eigenvalue weighted by Gasteiger charge is -2.16. The van der Waals surface area contributed by atoms with Crippen molar-refractivity contribution in [1.29, 1.82) is 0 Å². The molecule has 1 N–H and O–H groups in total. The van der Waals surface area contributed by atoms with Crippen LogP contribution in [0.3, 0.4) is 0 Å². The van der Waals surface area contributed by atoms with Crippen molar-refractivity contribution < 1.29 is 28.6 Å². The third-order valence-corrected chi connectivity index (χ3v) is 1.87. The largest absolute Gasteiger partial charge is 0.466 e. The van der Waals surface area contributed by atoms with Gasteiger partial charge < -0.3 is 19.5 Å². The highest BCUT2D eigenvalue weighted by molar-refractivity contribution is 5.86. The molecule has 0 spiro atoms. The van der Waals surface area contributed by atoms with Crippen LogP contribution < -0.4 is 5.32 Å². The smallest absolute Gasteiger partial charge is 0.408 e. The van der Waals surface area contributed by atoms with Gasteiger partial charge in [-0.1, -0.05) is 12.7 Å². The van der Waals surface area contributed by atoms with E-state index in [1.54, 1.807) is 13.8 Å². The molecule has 1 atom stereocenters. The molecule has 108 valence electrons. The normalized spacial score (nSPS) is 11.1. The Kier molecular flexibility index (Phi) is 8.86. The number of esters is 2. The molecule has 0 saturated carbocycles. The lowest BCUT2D eigenvalue weighted by atomic mass is 10.2. The quantitative estimate of drug-likeness (QED) is 0.399. The van der Waals surface area contributed by atoms with Crippen LogP contribution in [0.15, 0.2) is 12.7 Å². The van der Waals surface area contributed by atoms with Gasteiger partial charge in [-0.2, -0.15) is 0 Å². The van der Waals surface area contributed by atoms with Crippen LogP contribution in [0, 0.1) is 0 Å². The molecule has 0 aromatic carbocycles. The number of carbonyl (C=O) groups excluding carboxylic acids is 3. The molecular weight excluding hydrogens is 254 g/mol. The first-order valence-corrected chi connectivity index (χ1v) is 5.91. The summed E-state index contributed by atoms with van der Waals surface area (Å²) in [5.41, 5.74) is 0. The lowest BCUT2D eigenvalue weighted by Crippen LogP contribution is -2.43. The Morgan fingerprint density at radius 1 is 1.16 bits per heavy atom. The minimum Gasteiger partial charge on any atom is -0.466 e. The zero-order chi connectivity index (χ0) is 14.7. The SMILES string of the molecule is C=CCOC(=O)N[C@@H](CC(=O)OCC)C(=O)OCC. The van der Waals surface area contributed by atoms with E-state index in [0.29, 0.717) is 0 Å². The summed E-state index contributed by atoms with van der Waals surface area (Å²) < 4.78 is 14.1. The Hall–Kier alpha value is -2.05. The Morgan fingerprint density at radius 2 is 1.79 bits per heavy atom. The van der Waals surface area contributed by atoms with Crippen molar-refractivity contribution in [2.45, 2.75) is 26.3 Å². The summed E-state index contributed by atoms with van der Waals surface area (Å²) in [7, 11) is 0. The second-order valence-electron chi connectivity index (χ2n) is 3.35. The molecule has 0 rings (SSSR count). The summed E-state index contributed by atoms with van der Waals surface area (Å²) in [4.78, 5) is 34.2. The van der Waals surface area contributed by atoms with Crippen LogP contribution in [0.2, 0.25) is 0 Å². The zero-order valence-electron chi connectivity index (χ0n) is 11.1. The molecule has 0 saturated heterocycles. The molecule has 0 aliphatic rings. The molecule has 19 heavy (non-hydrogen) atoms. The van der Waals surface area contributed by atoms with Gasteiger partial charge in [-0.25, -0.2) is 9.59 Å². The zero-order valence-corrected chi connectivity index (χ0v) is 11.1. The van der Waals surface area contributed by atoms with E-state index in [4.69, 9.17) is 9.47 Å². The molecule has 0 heterocycles. The van der Waals surface area contributed by atoms with Crippen LogP contribution in [0.25, 0.3) is 0 Å². The standard InChI is InChI=1S/C12H19NO6/c1-4-7-19-12(16)13-9(11(15)18-6-3)8-10(14)17-5-2/h4,9H,1,5-8H2,2-3H3,(H,13,16)/t9-/m0/s1. The predicted molar refractivity (Wildman–Crippen MR) is 66.4 cm³/mol. The number of rotatable bonds is 8. The van der Waals surface area contributed by atoms with E-state index in [1.807, 2.05) is 0 Å². The maximum absolute atomic E-state index is 11.6. The third-order valence-electron chi connectivity index (χ3n) is 1.87. The minimum absolute atomic E-state index is 0.000779. The Morgan fingerprint density at radius 3 is 2.32 bits per heavy atom. The number of hydrogen-bond donors (Lipinski definition) is 1. The molecule has 0 fully saturated rings. The Balaban J connectivity index is 4.48. The van der Waals surface area contributed by atoms with E-state index >= 15 is 0 Å². The average Bonchev–Trinajstić information content (AvgIpc) is 2.36. The van der Waals surface area contributed by atoms with Gasteiger partial charge in [0, 0.05) is 0 Å². The van der Waals surface area contributed by atoms with E-state index in [-0.39, 0.29) is 26.2 Å². The second-order valence-corrected chi connectivity index (χ2v) is 3.35. The van der Waals surface area contributed by atoms with E-state index in [2.05, 4.69) is 16.6 Å². The van der Waals surface area contributed by atoms with Crippen molar-refractivity contribution in [2.75, 3.05) is 19.8 Å². The van der Waals surface area contributed by atoms with Crippen molar-refractivity contribution in [3.63, 3.8) is 0 Å². The highest BCUT2D eigenvalue weighted by atomic mass is 16.6. The maximum atomic E-state index is 11.6. The minimum atomic E-state index is -1.13. The number of hydrogen-bond acceptors (Lipinski definition) is 6. The predicted octanol–water partition coefficient (Wildman–Crippen LogP) is 0.784. The monoisotopic (exact) mass is 273 g/mol. The van der Waals surface area contributed by atoms with Crippen LogP contribution in [0.1, 0.15) is 20.3 Å². The summed E-state index contributed by atoms with van der Waals surface area (Å²) in [5.74, 6) is -1.32. The van der Waals surface area contributed by atoms with Crippen LogP contribution in [-0.2, 0) is 23.8 Å². The first kappa shape index (κ1) is 16.9. The topological polar surface area (TPSA) is 90.9 Å². The number of ether oxygens (including phenoxy) is 3. The van der Waals surface area contributed by atoms with Gasteiger partial charge in [0.15, 0.2) is 0 Å². The number of nitrogens with one attached hydrogen (secondary N) is 1. The van der Waals surface area contributed by atoms with Gasteiger partial charge in [0.25, 0.3) is 0 Å². The summed E-state index contributed by atoms with van der Waals surface area (Å²) >= 11 is 0. The first-order chi connectivity index (χ1) is 9.04. The highest BCUT2D eigenvalue weighted by Gasteiger charge is 2.26. The summed E-state index contributed by atoms with van der Waals surface area (Å²) in [6.45, 7) is 6.97. The Bertz CT molecular complexity index is 328. The van der Waals surface area contributed by atoms with Gasteiger partial charge in [0.05, 0.1) is 19.6 Å². The summed E-state index contributed by atoms with van der Waals surface area (Å²) in [6.07, 6.45) is 0.238. The summed E-state index contributed by atoms with van der Waals surface area (Å²) in [6, 6.07) is -1.13. The fourth-order valence-electron chi connectivity index (χ4n) is 1.14. The maximum Gasteiger partial charge on any atom is 0.408 e. The van der Waals surface area contributed by atoms with Crippen molar-refractivity contribution >= 4 is 18.0 Å². The highest BCUT2D eigenvalue weighted by Crippen LogP contribution is 2.00. The van der Waals surface area contributed by atoms with Gasteiger partial charge >= 0.3 is 18.0 Å². The number of alkyl carbamates (subject to hydrolysis) is 1. The molecule has 0 radical (unpaired) electrons. The molecule has 7 nitrogen and oxygen atoms in total. The molecule has 0 aliphatic carbocycles. The van der Waals surface area contributed by atoms with Crippen LogP contribution in [-0.4, -0.2) is 43.9 Å². The van der Waals surface area contributed by atoms with E-state index in [1.165, 1.54) is 6.08 Å². The van der Waals surface area contributed by atoms with Crippen molar-refractivity contribution in [3.05, 3.63) is 12.7 Å². The van der Waals surface area contributed by atoms with Gasteiger partial charge in [-0.15, -0.1) is 0 Å². The van der Waals surface area contributed by atoms with Crippen molar-refractivity contribution in [1.82, 2.24) is 5.32 Å². The van der Waals surface area contributed by atoms with Gasteiger partial charge in [0.1, 0.15) is 12.6 Å². The molecule has 0 aromatic rings. The molecule has 1 amide bonds. The molecule has 0 aliphatic heterocycles. The van der Waals surface area contributed by atoms with Crippen molar-refractivity contribution in [3.8, 4) is 0 Å². The number of amides is 1. The third kappa shape index (κ3) is 7.80. The van der Waals surface area contributed by atoms with Crippen LogP contribution >= 0.6 is 0 Å². The van der Waals surface area contributed by atoms with Crippen molar-refractivity contribution in [2.24, 2.45) is 0 Å². The molecule has 0 aromatic heterocycles. The lowest BCUT2D eigenvalue weighted by molar-refractivity contribution is -0.152. The van der Waals surface area contributed by atoms with Gasteiger partial charge in [-0.05, 0) is 13.8 Å². The molecule has 7 heteroatoms. The Labute approximate surface area is 111 Å². The fourth-order valence-corrected chi connectivity index (χ4v) is 1.14. The van der Waals surface area contributed by atoms with Crippen LogP contribution in [0.4, 0.5) is 4.79 Å². The molecule has 0 unspecified atom stereocenters. The molecular formula is C12H19NO6. The van der Waals surface area contributed by atoms with E-state index < -0.39 is 24.1 Å². The van der Waals surface area contributed by atoms with E-state index in [9.17, 15) is 14.4 Å². The average molecular weight is 273 g/mol. The number of carbonyl (C=O) groups is 3.